The summed E-state index contributed by atoms with van der Waals surface area (Å²) in [6, 6.07) is 7.81. The maximum Gasteiger partial charge on any atom is 0.240 e. The van der Waals surface area contributed by atoms with Crippen LogP contribution in [0, 0.1) is 0 Å². The van der Waals surface area contributed by atoms with Gasteiger partial charge in [0, 0.05) is 13.0 Å². The van der Waals surface area contributed by atoms with E-state index in [9.17, 15) is 14.4 Å². The standard InChI is InChI=1S/C17H20N2O3/c1-2-9-18-14(20)11-19-15(21)10-17(16(19)22)8-7-12-5-3-4-6-13(12)17/h3-6H,2,7-11H2,1H3,(H,18,20)/t17-/m1/s1. The average molecular weight is 300 g/mol. The Morgan fingerprint density at radius 2 is 2.09 bits per heavy atom. The molecule has 22 heavy (non-hydrogen) atoms. The molecule has 3 amide bonds. The summed E-state index contributed by atoms with van der Waals surface area (Å²) in [5, 5.41) is 2.71. The van der Waals surface area contributed by atoms with Crippen molar-refractivity contribution in [2.45, 2.75) is 38.0 Å². The van der Waals surface area contributed by atoms with Crippen LogP contribution >= 0.6 is 0 Å². The van der Waals surface area contributed by atoms with Crippen molar-refractivity contribution in [3.8, 4) is 0 Å². The van der Waals surface area contributed by atoms with E-state index >= 15 is 0 Å². The van der Waals surface area contributed by atoms with Gasteiger partial charge in [0.2, 0.25) is 17.7 Å². The predicted molar refractivity (Wildman–Crippen MR) is 81.1 cm³/mol. The normalized spacial score (nSPS) is 23.2. The Morgan fingerprint density at radius 1 is 1.32 bits per heavy atom. The van der Waals surface area contributed by atoms with Crippen LogP contribution in [0.1, 0.15) is 37.3 Å². The van der Waals surface area contributed by atoms with Crippen LogP contribution in [-0.4, -0.2) is 35.7 Å². The van der Waals surface area contributed by atoms with Gasteiger partial charge in [-0.2, -0.15) is 0 Å². The lowest BCUT2D eigenvalue weighted by Gasteiger charge is -2.22. The minimum atomic E-state index is -0.737. The fraction of sp³-hybridized carbons (Fsp3) is 0.471. The third-order valence-corrected chi connectivity index (χ3v) is 4.64. The number of likely N-dealkylation sites (tertiary alicyclic amines) is 1. The van der Waals surface area contributed by atoms with Crippen LogP contribution < -0.4 is 5.32 Å². The molecule has 1 aromatic rings. The van der Waals surface area contributed by atoms with Crippen LogP contribution in [0.4, 0.5) is 0 Å². The van der Waals surface area contributed by atoms with Gasteiger partial charge in [-0.25, -0.2) is 0 Å². The highest BCUT2D eigenvalue weighted by Gasteiger charge is 2.55. The lowest BCUT2D eigenvalue weighted by atomic mass is 9.80. The second-order valence-electron chi connectivity index (χ2n) is 6.05. The molecule has 0 aromatic heterocycles. The van der Waals surface area contributed by atoms with Crippen molar-refractivity contribution in [1.29, 1.82) is 0 Å². The lowest BCUT2D eigenvalue weighted by Crippen LogP contribution is -2.43. The molecule has 1 atom stereocenters. The first-order valence-electron chi connectivity index (χ1n) is 7.78. The number of aryl methyl sites for hydroxylation is 1. The molecule has 2 aliphatic rings. The molecule has 0 saturated carbocycles. The van der Waals surface area contributed by atoms with Gasteiger partial charge in [0.05, 0.1) is 5.41 Å². The summed E-state index contributed by atoms with van der Waals surface area (Å²) in [4.78, 5) is 38.1. The highest BCUT2D eigenvalue weighted by Crippen LogP contribution is 2.46. The molecule has 1 fully saturated rings. The SMILES string of the molecule is CCCNC(=O)CN1C(=O)C[C@@]2(CCc3ccccc32)C1=O. The quantitative estimate of drug-likeness (QED) is 0.848. The van der Waals surface area contributed by atoms with Gasteiger partial charge in [-0.15, -0.1) is 0 Å². The molecule has 5 nitrogen and oxygen atoms in total. The van der Waals surface area contributed by atoms with E-state index in [0.717, 1.165) is 28.9 Å². The molecule has 0 bridgehead atoms. The first kappa shape index (κ1) is 14.8. The molecular formula is C17H20N2O3. The minimum Gasteiger partial charge on any atom is -0.355 e. The van der Waals surface area contributed by atoms with E-state index in [2.05, 4.69) is 5.32 Å². The Bertz CT molecular complexity index is 641. The molecule has 1 N–H and O–H groups in total. The Kier molecular flexibility index (Phi) is 3.72. The zero-order valence-electron chi connectivity index (χ0n) is 12.7. The van der Waals surface area contributed by atoms with Crippen LogP contribution in [0.2, 0.25) is 0 Å². The molecule has 0 unspecified atom stereocenters. The highest BCUT2D eigenvalue weighted by molar-refractivity contribution is 6.11. The molecule has 1 spiro atoms. The van der Waals surface area contributed by atoms with Crippen LogP contribution in [-0.2, 0) is 26.2 Å². The Morgan fingerprint density at radius 3 is 2.86 bits per heavy atom. The number of hydrogen-bond acceptors (Lipinski definition) is 3. The Hall–Kier alpha value is -2.17. The van der Waals surface area contributed by atoms with Gasteiger partial charge in [-0.3, -0.25) is 19.3 Å². The van der Waals surface area contributed by atoms with E-state index in [1.54, 1.807) is 0 Å². The summed E-state index contributed by atoms with van der Waals surface area (Å²) < 4.78 is 0. The van der Waals surface area contributed by atoms with Crippen molar-refractivity contribution in [3.05, 3.63) is 35.4 Å². The number of nitrogens with zero attached hydrogens (tertiary/aromatic N) is 1. The van der Waals surface area contributed by atoms with Crippen molar-refractivity contribution in [2.24, 2.45) is 0 Å². The highest BCUT2D eigenvalue weighted by atomic mass is 16.2. The first-order chi connectivity index (χ1) is 10.6. The minimum absolute atomic E-state index is 0.165. The van der Waals surface area contributed by atoms with Crippen molar-refractivity contribution in [3.63, 3.8) is 0 Å². The third kappa shape index (κ3) is 2.21. The topological polar surface area (TPSA) is 66.5 Å². The van der Waals surface area contributed by atoms with Gasteiger partial charge >= 0.3 is 0 Å². The molecule has 116 valence electrons. The Labute approximate surface area is 129 Å². The van der Waals surface area contributed by atoms with Gasteiger partial charge in [0.25, 0.3) is 0 Å². The maximum atomic E-state index is 12.8. The summed E-state index contributed by atoms with van der Waals surface area (Å²) in [5.41, 5.74) is 1.37. The van der Waals surface area contributed by atoms with Gasteiger partial charge in [0.15, 0.2) is 0 Å². The molecule has 3 rings (SSSR count). The van der Waals surface area contributed by atoms with Gasteiger partial charge in [-0.05, 0) is 30.4 Å². The predicted octanol–water partition coefficient (Wildman–Crippen LogP) is 1.16. The summed E-state index contributed by atoms with van der Waals surface area (Å²) in [7, 11) is 0. The fourth-order valence-electron chi connectivity index (χ4n) is 3.52. The third-order valence-electron chi connectivity index (χ3n) is 4.64. The number of carbonyl (C=O) groups excluding carboxylic acids is 3. The van der Waals surface area contributed by atoms with Crippen LogP contribution in [0.15, 0.2) is 24.3 Å². The molecule has 1 saturated heterocycles. The number of carbonyl (C=O) groups is 3. The van der Waals surface area contributed by atoms with Crippen LogP contribution in [0.3, 0.4) is 0 Å². The number of fused-ring (bicyclic) bond motifs is 2. The molecule has 1 aliphatic heterocycles. The van der Waals surface area contributed by atoms with Crippen molar-refractivity contribution in [2.75, 3.05) is 13.1 Å². The Balaban J connectivity index is 1.82. The largest absolute Gasteiger partial charge is 0.355 e. The maximum absolute atomic E-state index is 12.8. The molecular weight excluding hydrogens is 280 g/mol. The van der Waals surface area contributed by atoms with E-state index in [4.69, 9.17) is 0 Å². The second-order valence-corrected chi connectivity index (χ2v) is 6.05. The number of rotatable bonds is 4. The number of hydrogen-bond donors (Lipinski definition) is 1. The van der Waals surface area contributed by atoms with E-state index in [-0.39, 0.29) is 30.7 Å². The average Bonchev–Trinajstić information content (AvgIpc) is 3.00. The van der Waals surface area contributed by atoms with Crippen LogP contribution in [0.25, 0.3) is 0 Å². The molecule has 0 radical (unpaired) electrons. The van der Waals surface area contributed by atoms with E-state index < -0.39 is 5.41 Å². The number of nitrogens with one attached hydrogen (secondary N) is 1. The number of imide groups is 1. The van der Waals surface area contributed by atoms with Crippen molar-refractivity contribution in [1.82, 2.24) is 10.2 Å². The zero-order valence-corrected chi connectivity index (χ0v) is 12.7. The van der Waals surface area contributed by atoms with Crippen molar-refractivity contribution >= 4 is 17.7 Å². The lowest BCUT2D eigenvalue weighted by molar-refractivity contribution is -0.143. The second kappa shape index (κ2) is 5.55. The fourth-order valence-corrected chi connectivity index (χ4v) is 3.52. The summed E-state index contributed by atoms with van der Waals surface area (Å²) >= 11 is 0. The van der Waals surface area contributed by atoms with Crippen molar-refractivity contribution < 1.29 is 14.4 Å². The number of amides is 3. The van der Waals surface area contributed by atoms with E-state index in [1.165, 1.54) is 0 Å². The van der Waals surface area contributed by atoms with Gasteiger partial charge in [0.1, 0.15) is 6.54 Å². The summed E-state index contributed by atoms with van der Waals surface area (Å²) in [5.74, 6) is -0.727. The summed E-state index contributed by atoms with van der Waals surface area (Å²) in [6.07, 6.45) is 2.48. The van der Waals surface area contributed by atoms with Gasteiger partial charge in [-0.1, -0.05) is 31.2 Å². The van der Waals surface area contributed by atoms with E-state index in [0.29, 0.717) is 13.0 Å². The van der Waals surface area contributed by atoms with Crippen LogP contribution in [0.5, 0.6) is 0 Å². The van der Waals surface area contributed by atoms with E-state index in [1.807, 2.05) is 31.2 Å². The molecule has 1 heterocycles. The smallest absolute Gasteiger partial charge is 0.240 e. The molecule has 5 heteroatoms. The summed E-state index contributed by atoms with van der Waals surface area (Å²) in [6.45, 7) is 2.35. The molecule has 1 aliphatic carbocycles. The van der Waals surface area contributed by atoms with Gasteiger partial charge < -0.3 is 5.32 Å². The number of benzene rings is 1. The molecule has 1 aromatic carbocycles. The first-order valence-corrected chi connectivity index (χ1v) is 7.78. The zero-order chi connectivity index (χ0) is 15.7. The monoisotopic (exact) mass is 300 g/mol.